The van der Waals surface area contributed by atoms with Gasteiger partial charge in [-0.2, -0.15) is 0 Å². The molecule has 0 spiro atoms. The van der Waals surface area contributed by atoms with E-state index in [1.165, 1.54) is 36.9 Å². The largest absolute Gasteiger partial charge is 0.573 e. The molecule has 5 rings (SSSR count). The first kappa shape index (κ1) is 33.0. The Morgan fingerprint density at radius 3 is 1.96 bits per heavy atom. The van der Waals surface area contributed by atoms with Crippen molar-refractivity contribution in [3.8, 4) is 28.4 Å². The number of aromatic nitrogens is 1. The van der Waals surface area contributed by atoms with E-state index in [4.69, 9.17) is 9.47 Å². The summed E-state index contributed by atoms with van der Waals surface area (Å²) in [5.74, 6) is -0.144. The Kier molecular flexibility index (Phi) is 9.51. The lowest BCUT2D eigenvalue weighted by molar-refractivity contribution is -0.274. The molecule has 7 nitrogen and oxygen atoms in total. The van der Waals surface area contributed by atoms with Crippen LogP contribution in [0.25, 0.3) is 21.9 Å². The third kappa shape index (κ3) is 8.66. The van der Waals surface area contributed by atoms with E-state index < -0.39 is 24.3 Å². The Morgan fingerprint density at radius 2 is 1.36 bits per heavy atom. The van der Waals surface area contributed by atoms with Gasteiger partial charge in [-0.3, -0.25) is 9.78 Å². The number of hydrogen-bond acceptors (Lipinski definition) is 6. The molecule has 1 heterocycles. The van der Waals surface area contributed by atoms with E-state index in [1.54, 1.807) is 36.5 Å². The lowest BCUT2D eigenvalue weighted by atomic mass is 9.87. The van der Waals surface area contributed by atoms with Crippen LogP contribution in [0.5, 0.6) is 17.2 Å². The number of amides is 1. The van der Waals surface area contributed by atoms with Crippen LogP contribution in [0.15, 0.2) is 103 Å². The zero-order valence-corrected chi connectivity index (χ0v) is 26.2. The van der Waals surface area contributed by atoms with E-state index >= 15 is 0 Å². The summed E-state index contributed by atoms with van der Waals surface area (Å²) in [6.07, 6.45) is -3.05. The molecule has 1 amide bonds. The molecule has 1 atom stereocenters. The number of esters is 1. The fourth-order valence-corrected chi connectivity index (χ4v) is 4.95. The number of ether oxygens (including phenoxy) is 3. The van der Waals surface area contributed by atoms with Crippen molar-refractivity contribution in [2.24, 2.45) is 0 Å². The molecule has 1 aromatic heterocycles. The number of halogens is 3. The maximum absolute atomic E-state index is 13.2. The minimum absolute atomic E-state index is 0.0408. The number of benzene rings is 4. The molecule has 1 N–H and O–H groups in total. The van der Waals surface area contributed by atoms with Crippen molar-refractivity contribution in [1.82, 2.24) is 10.3 Å². The molecule has 0 unspecified atom stereocenters. The quantitative estimate of drug-likeness (QED) is 0.163. The minimum Gasteiger partial charge on any atom is -0.467 e. The molecule has 0 fully saturated rings. The number of fused-ring (bicyclic) bond motifs is 1. The highest BCUT2D eigenvalue weighted by Gasteiger charge is 2.31. The van der Waals surface area contributed by atoms with Crippen molar-refractivity contribution in [3.63, 3.8) is 0 Å². The number of carbonyl (C=O) groups is 2. The second kappa shape index (κ2) is 13.5. The van der Waals surface area contributed by atoms with Gasteiger partial charge < -0.3 is 19.5 Å². The topological polar surface area (TPSA) is 86.8 Å². The van der Waals surface area contributed by atoms with E-state index in [0.717, 1.165) is 21.9 Å². The average molecular weight is 643 g/mol. The smallest absolute Gasteiger partial charge is 0.467 e. The van der Waals surface area contributed by atoms with Crippen LogP contribution >= 0.6 is 0 Å². The zero-order valence-electron chi connectivity index (χ0n) is 26.2. The van der Waals surface area contributed by atoms with Gasteiger partial charge in [0.15, 0.2) is 0 Å². The lowest BCUT2D eigenvalue weighted by Crippen LogP contribution is -2.43. The van der Waals surface area contributed by atoms with Gasteiger partial charge in [0, 0.05) is 18.0 Å². The van der Waals surface area contributed by atoms with E-state index in [9.17, 15) is 22.8 Å². The van der Waals surface area contributed by atoms with Crippen molar-refractivity contribution in [2.75, 3.05) is 7.11 Å². The molecule has 0 radical (unpaired) electrons. The van der Waals surface area contributed by atoms with Gasteiger partial charge in [-0.05, 0) is 75.5 Å². The third-order valence-corrected chi connectivity index (χ3v) is 7.49. The van der Waals surface area contributed by atoms with E-state index in [1.807, 2.05) is 42.5 Å². The lowest BCUT2D eigenvalue weighted by Gasteiger charge is -2.19. The van der Waals surface area contributed by atoms with Crippen molar-refractivity contribution in [2.45, 2.75) is 45.0 Å². The first-order valence-corrected chi connectivity index (χ1v) is 14.8. The van der Waals surface area contributed by atoms with Crippen molar-refractivity contribution in [3.05, 3.63) is 120 Å². The van der Waals surface area contributed by atoms with Gasteiger partial charge in [0.1, 0.15) is 29.0 Å². The van der Waals surface area contributed by atoms with Crippen LogP contribution < -0.4 is 14.8 Å². The summed E-state index contributed by atoms with van der Waals surface area (Å²) in [7, 11) is 1.24. The van der Waals surface area contributed by atoms with Crippen LogP contribution in [0.3, 0.4) is 0 Å². The Morgan fingerprint density at radius 1 is 0.766 bits per heavy atom. The van der Waals surface area contributed by atoms with Crippen LogP contribution in [0.1, 0.15) is 42.4 Å². The van der Waals surface area contributed by atoms with Gasteiger partial charge >= 0.3 is 12.3 Å². The SMILES string of the molecule is COC(=O)[C@H](Cc1ccc(-c2ccc(OC(F)(F)F)cc2)cc1)NC(=O)c1cc2ccc(Oc3ccc(C(C)(C)C)cc3)cc2cn1. The Hall–Kier alpha value is -5.38. The fraction of sp³-hybridized carbons (Fsp3) is 0.216. The van der Waals surface area contributed by atoms with Crippen LogP contribution in [0, 0.1) is 0 Å². The Bertz CT molecular complexity index is 1870. The Labute approximate surface area is 270 Å². The standard InChI is InChI=1S/C37H33F3N2O5/c1-36(2,3)28-12-17-29(18-13-28)46-31-16-11-26-21-32(41-22-27(26)20-31)34(43)42-33(35(44)45-4)19-23-5-7-24(8-6-23)25-9-14-30(15-10-25)47-37(38,39)40/h5-18,20-22,33H,19H2,1-4H3,(H,42,43)/t33-/m0/s1. The molecule has 47 heavy (non-hydrogen) atoms. The first-order valence-electron chi connectivity index (χ1n) is 14.8. The van der Waals surface area contributed by atoms with Crippen molar-refractivity contribution < 1.29 is 37.0 Å². The second-order valence-corrected chi connectivity index (χ2v) is 12.0. The number of nitrogens with one attached hydrogen (secondary N) is 1. The van der Waals surface area contributed by atoms with E-state index in [0.29, 0.717) is 17.1 Å². The number of methoxy groups -OCH3 is 1. The molecule has 0 aliphatic rings. The fourth-order valence-electron chi connectivity index (χ4n) is 4.95. The number of carbonyl (C=O) groups excluding carboxylic acids is 2. The molecule has 10 heteroatoms. The number of rotatable bonds is 9. The summed E-state index contributed by atoms with van der Waals surface area (Å²) in [6, 6.07) is 26.7. The number of nitrogens with zero attached hydrogens (tertiary/aromatic N) is 1. The van der Waals surface area contributed by atoms with Gasteiger partial charge in [0.25, 0.3) is 5.91 Å². The first-order chi connectivity index (χ1) is 22.3. The molecule has 5 aromatic rings. The maximum Gasteiger partial charge on any atom is 0.573 e. The molecule has 0 saturated carbocycles. The van der Waals surface area contributed by atoms with Crippen LogP contribution in [-0.4, -0.2) is 36.4 Å². The molecule has 0 aliphatic carbocycles. The predicted octanol–water partition coefficient (Wildman–Crippen LogP) is 8.40. The molecular formula is C37H33F3N2O5. The van der Waals surface area contributed by atoms with Gasteiger partial charge in [0.05, 0.1) is 7.11 Å². The summed E-state index contributed by atoms with van der Waals surface area (Å²) in [5.41, 5.74) is 3.54. The molecule has 242 valence electrons. The van der Waals surface area contributed by atoms with E-state index in [-0.39, 0.29) is 23.3 Å². The van der Waals surface area contributed by atoms with Crippen molar-refractivity contribution >= 4 is 22.6 Å². The number of pyridine rings is 1. The predicted molar refractivity (Wildman–Crippen MR) is 172 cm³/mol. The van der Waals surface area contributed by atoms with Crippen LogP contribution in [0.4, 0.5) is 13.2 Å². The zero-order chi connectivity index (χ0) is 33.8. The van der Waals surface area contributed by atoms with Crippen LogP contribution in [-0.2, 0) is 21.4 Å². The average Bonchev–Trinajstić information content (AvgIpc) is 3.03. The highest BCUT2D eigenvalue weighted by molar-refractivity contribution is 5.98. The number of hydrogen-bond donors (Lipinski definition) is 1. The summed E-state index contributed by atoms with van der Waals surface area (Å²) >= 11 is 0. The van der Waals surface area contributed by atoms with Gasteiger partial charge in [-0.25, -0.2) is 4.79 Å². The molecule has 4 aromatic carbocycles. The summed E-state index contributed by atoms with van der Waals surface area (Å²) in [4.78, 5) is 30.1. The Balaban J connectivity index is 1.24. The summed E-state index contributed by atoms with van der Waals surface area (Å²) in [6.45, 7) is 6.45. The molecule has 0 aliphatic heterocycles. The maximum atomic E-state index is 13.2. The van der Waals surface area contributed by atoms with Gasteiger partial charge in [-0.1, -0.05) is 75.4 Å². The highest BCUT2D eigenvalue weighted by Crippen LogP contribution is 2.30. The summed E-state index contributed by atoms with van der Waals surface area (Å²) in [5, 5.41) is 4.26. The van der Waals surface area contributed by atoms with Crippen LogP contribution in [0.2, 0.25) is 0 Å². The van der Waals surface area contributed by atoms with Crippen molar-refractivity contribution in [1.29, 1.82) is 0 Å². The summed E-state index contributed by atoms with van der Waals surface area (Å²) < 4.78 is 52.2. The second-order valence-electron chi connectivity index (χ2n) is 12.0. The monoisotopic (exact) mass is 642 g/mol. The third-order valence-electron chi connectivity index (χ3n) is 7.49. The normalized spacial score (nSPS) is 12.3. The van der Waals surface area contributed by atoms with E-state index in [2.05, 4.69) is 35.8 Å². The molecular weight excluding hydrogens is 609 g/mol. The molecule has 0 bridgehead atoms. The molecule has 0 saturated heterocycles. The van der Waals surface area contributed by atoms with Gasteiger partial charge in [-0.15, -0.1) is 13.2 Å². The number of alkyl halides is 3. The minimum atomic E-state index is -4.77. The van der Waals surface area contributed by atoms with Gasteiger partial charge in [0.2, 0.25) is 0 Å². The highest BCUT2D eigenvalue weighted by atomic mass is 19.4.